The van der Waals surface area contributed by atoms with Crippen molar-refractivity contribution in [2.45, 2.75) is 32.4 Å². The van der Waals surface area contributed by atoms with Crippen LogP contribution < -0.4 is 5.32 Å². The Labute approximate surface area is 105 Å². The van der Waals surface area contributed by atoms with Crippen molar-refractivity contribution in [3.63, 3.8) is 0 Å². The van der Waals surface area contributed by atoms with Crippen molar-refractivity contribution in [1.29, 1.82) is 0 Å². The van der Waals surface area contributed by atoms with Gasteiger partial charge in [-0.15, -0.1) is 5.10 Å². The van der Waals surface area contributed by atoms with Gasteiger partial charge in [0, 0.05) is 13.7 Å². The monoisotopic (exact) mass is 290 g/mol. The molecule has 1 aromatic heterocycles. The molecule has 0 spiro atoms. The lowest BCUT2D eigenvalue weighted by Crippen LogP contribution is -2.33. The molecule has 1 rings (SSSR count). The highest BCUT2D eigenvalue weighted by Crippen LogP contribution is 2.25. The number of hydrogen-bond acceptors (Lipinski definition) is 4. The van der Waals surface area contributed by atoms with Gasteiger partial charge in [0.25, 0.3) is 0 Å². The van der Waals surface area contributed by atoms with Gasteiger partial charge >= 0.3 is 0 Å². The van der Waals surface area contributed by atoms with Gasteiger partial charge in [0.1, 0.15) is 0 Å². The summed E-state index contributed by atoms with van der Waals surface area (Å²) in [5.74, 6) is 0. The Bertz CT molecular complexity index is 309. The summed E-state index contributed by atoms with van der Waals surface area (Å²) in [6.07, 6.45) is 1.07. The molecule has 1 aromatic rings. The first-order valence-corrected chi connectivity index (χ1v) is 6.28. The van der Waals surface area contributed by atoms with E-state index in [1.165, 1.54) is 0 Å². The zero-order chi connectivity index (χ0) is 12.1. The second-order valence-electron chi connectivity index (χ2n) is 3.56. The highest BCUT2D eigenvalue weighted by Gasteiger charge is 2.26. The first kappa shape index (κ1) is 13.6. The van der Waals surface area contributed by atoms with Gasteiger partial charge in [0.2, 0.25) is 0 Å². The summed E-state index contributed by atoms with van der Waals surface area (Å²) < 4.78 is 8.27. The largest absolute Gasteiger partial charge is 0.376 e. The summed E-state index contributed by atoms with van der Waals surface area (Å²) in [6.45, 7) is 4.83. The lowest BCUT2D eigenvalue weighted by atomic mass is 10.1. The average Bonchev–Trinajstić information content (AvgIpc) is 2.60. The molecule has 0 saturated carbocycles. The zero-order valence-corrected chi connectivity index (χ0v) is 11.8. The summed E-state index contributed by atoms with van der Waals surface area (Å²) >= 11 is 3.42. The van der Waals surface area contributed by atoms with E-state index in [2.05, 4.69) is 38.5 Å². The van der Waals surface area contributed by atoms with Crippen molar-refractivity contribution < 1.29 is 4.74 Å². The number of rotatable bonds is 6. The Hall–Kier alpha value is -0.460. The second-order valence-corrected chi connectivity index (χ2v) is 4.31. The van der Waals surface area contributed by atoms with Crippen LogP contribution in [-0.2, 0) is 11.8 Å². The molecule has 0 aromatic carbocycles. The molecule has 2 atom stereocenters. The summed E-state index contributed by atoms with van der Waals surface area (Å²) in [4.78, 5) is 0. The molecular weight excluding hydrogens is 272 g/mol. The van der Waals surface area contributed by atoms with Crippen LogP contribution in [0.25, 0.3) is 0 Å². The van der Waals surface area contributed by atoms with Crippen molar-refractivity contribution in [3.05, 3.63) is 10.3 Å². The van der Waals surface area contributed by atoms with Crippen LogP contribution in [0.1, 0.15) is 32.0 Å². The van der Waals surface area contributed by atoms with E-state index in [9.17, 15) is 0 Å². The fraction of sp³-hybridized carbons (Fsp3) is 0.800. The zero-order valence-electron chi connectivity index (χ0n) is 10.2. The molecule has 2 unspecified atom stereocenters. The van der Waals surface area contributed by atoms with Crippen LogP contribution in [0.15, 0.2) is 4.60 Å². The van der Waals surface area contributed by atoms with Gasteiger partial charge in [0.05, 0.1) is 17.8 Å². The third-order valence-corrected chi connectivity index (χ3v) is 3.15. The third kappa shape index (κ3) is 2.81. The predicted molar refractivity (Wildman–Crippen MR) is 66.2 cm³/mol. The molecule has 92 valence electrons. The number of likely N-dealkylation sites (N-methyl/N-ethyl adjacent to an activating group) is 1. The van der Waals surface area contributed by atoms with Crippen molar-refractivity contribution in [1.82, 2.24) is 20.3 Å². The van der Waals surface area contributed by atoms with Gasteiger partial charge in [-0.1, -0.05) is 12.1 Å². The minimum absolute atomic E-state index is 0.0966. The summed E-state index contributed by atoms with van der Waals surface area (Å²) in [5, 5.41) is 11.2. The molecule has 0 saturated heterocycles. The van der Waals surface area contributed by atoms with Crippen molar-refractivity contribution in [3.8, 4) is 0 Å². The molecule has 16 heavy (non-hydrogen) atoms. The fourth-order valence-corrected chi connectivity index (χ4v) is 2.41. The van der Waals surface area contributed by atoms with Crippen molar-refractivity contribution in [2.24, 2.45) is 7.05 Å². The number of aromatic nitrogens is 3. The van der Waals surface area contributed by atoms with E-state index in [1.54, 1.807) is 4.68 Å². The van der Waals surface area contributed by atoms with Crippen LogP contribution in [0.5, 0.6) is 0 Å². The van der Waals surface area contributed by atoms with Crippen molar-refractivity contribution >= 4 is 15.9 Å². The second kappa shape index (κ2) is 6.32. The van der Waals surface area contributed by atoms with E-state index >= 15 is 0 Å². The molecule has 0 aliphatic carbocycles. The number of aryl methyl sites for hydroxylation is 1. The maximum Gasteiger partial charge on any atom is 0.153 e. The molecule has 0 amide bonds. The summed E-state index contributed by atoms with van der Waals surface area (Å²) in [5.41, 5.74) is 1.02. The Kier molecular flexibility index (Phi) is 5.37. The molecule has 1 heterocycles. The maximum absolute atomic E-state index is 5.73. The lowest BCUT2D eigenvalue weighted by Gasteiger charge is -2.25. The summed E-state index contributed by atoms with van der Waals surface area (Å²) in [7, 11) is 3.81. The number of halogens is 1. The minimum atomic E-state index is 0.0966. The Balaban J connectivity index is 2.96. The quantitative estimate of drug-likeness (QED) is 0.866. The van der Waals surface area contributed by atoms with E-state index < -0.39 is 0 Å². The van der Waals surface area contributed by atoms with E-state index in [-0.39, 0.29) is 12.1 Å². The Morgan fingerprint density at radius 3 is 2.56 bits per heavy atom. The average molecular weight is 291 g/mol. The summed E-state index contributed by atoms with van der Waals surface area (Å²) in [6, 6.07) is 0.0966. The number of ether oxygens (including phenoxy) is 1. The van der Waals surface area contributed by atoms with Crippen LogP contribution in [0, 0.1) is 0 Å². The van der Waals surface area contributed by atoms with Crippen LogP contribution in [0.2, 0.25) is 0 Å². The van der Waals surface area contributed by atoms with Gasteiger partial charge in [-0.3, -0.25) is 0 Å². The molecule has 0 bridgehead atoms. The molecule has 5 nitrogen and oxygen atoms in total. The smallest absolute Gasteiger partial charge is 0.153 e. The molecule has 1 N–H and O–H groups in total. The molecule has 0 fully saturated rings. The normalized spacial score (nSPS) is 15.1. The highest BCUT2D eigenvalue weighted by molar-refractivity contribution is 9.10. The number of nitrogens with one attached hydrogen (secondary N) is 1. The van der Waals surface area contributed by atoms with Gasteiger partial charge in [-0.25, -0.2) is 4.68 Å². The SMILES string of the molecule is CCOC(CC)C(NC)c1c(Br)nnn1C. The number of nitrogens with zero attached hydrogens (tertiary/aromatic N) is 3. The van der Waals surface area contributed by atoms with Crippen LogP contribution >= 0.6 is 15.9 Å². The topological polar surface area (TPSA) is 52.0 Å². The van der Waals surface area contributed by atoms with Crippen molar-refractivity contribution in [2.75, 3.05) is 13.7 Å². The van der Waals surface area contributed by atoms with Crippen LogP contribution in [0.3, 0.4) is 0 Å². The van der Waals surface area contributed by atoms with Gasteiger partial charge in [0.15, 0.2) is 4.60 Å². The van der Waals surface area contributed by atoms with Crippen LogP contribution in [-0.4, -0.2) is 34.8 Å². The minimum Gasteiger partial charge on any atom is -0.376 e. The first-order chi connectivity index (χ1) is 7.65. The number of hydrogen-bond donors (Lipinski definition) is 1. The third-order valence-electron chi connectivity index (χ3n) is 2.59. The first-order valence-electron chi connectivity index (χ1n) is 5.49. The molecule has 6 heteroatoms. The lowest BCUT2D eigenvalue weighted by molar-refractivity contribution is 0.0312. The predicted octanol–water partition coefficient (Wildman–Crippen LogP) is 1.65. The maximum atomic E-state index is 5.73. The standard InChI is InChI=1S/C10H19BrN4O/c1-5-7(16-6-2)8(12-3)9-10(11)13-14-15(9)4/h7-8,12H,5-6H2,1-4H3. The molecule has 0 aliphatic rings. The van der Waals surface area contributed by atoms with E-state index in [4.69, 9.17) is 4.74 Å². The van der Waals surface area contributed by atoms with Gasteiger partial charge < -0.3 is 10.1 Å². The van der Waals surface area contributed by atoms with Crippen LogP contribution in [0.4, 0.5) is 0 Å². The van der Waals surface area contributed by atoms with Gasteiger partial charge in [-0.05, 0) is 36.3 Å². The molecular formula is C10H19BrN4O. The fourth-order valence-electron chi connectivity index (χ4n) is 1.83. The highest BCUT2D eigenvalue weighted by atomic mass is 79.9. The molecule has 0 radical (unpaired) electrons. The van der Waals surface area contributed by atoms with E-state index in [1.807, 2.05) is 21.0 Å². The Morgan fingerprint density at radius 2 is 2.19 bits per heavy atom. The van der Waals surface area contributed by atoms with Gasteiger partial charge in [-0.2, -0.15) is 0 Å². The molecule has 0 aliphatic heterocycles. The van der Waals surface area contributed by atoms with E-state index in [0.29, 0.717) is 6.61 Å². The van der Waals surface area contributed by atoms with E-state index in [0.717, 1.165) is 16.7 Å². The Morgan fingerprint density at radius 1 is 1.50 bits per heavy atom.